The smallest absolute Gasteiger partial charge is 0.153 e. The molecule has 2 N–H and O–H groups in total. The Bertz CT molecular complexity index is 685. The molecule has 2 aromatic heterocycles. The SMILES string of the molecule is Cc1cn2nc(-c3cccc(N)c3)ccc2n1. The second-order valence-electron chi connectivity index (χ2n) is 4.03. The Morgan fingerprint density at radius 2 is 2.06 bits per heavy atom. The van der Waals surface area contributed by atoms with Crippen molar-refractivity contribution in [2.75, 3.05) is 5.73 Å². The molecule has 0 atom stereocenters. The lowest BCUT2D eigenvalue weighted by molar-refractivity contribution is 0.941. The fraction of sp³-hybridized carbons (Fsp3) is 0.0769. The maximum Gasteiger partial charge on any atom is 0.153 e. The molecule has 2 heterocycles. The first-order chi connectivity index (χ1) is 8.22. The molecule has 0 fully saturated rings. The summed E-state index contributed by atoms with van der Waals surface area (Å²) in [6.45, 7) is 1.95. The lowest BCUT2D eigenvalue weighted by Gasteiger charge is -2.02. The number of fused-ring (bicyclic) bond motifs is 1. The number of rotatable bonds is 1. The zero-order valence-electron chi connectivity index (χ0n) is 9.46. The molecule has 0 unspecified atom stereocenters. The van der Waals surface area contributed by atoms with Crippen LogP contribution in [-0.4, -0.2) is 14.6 Å². The number of nitrogens with zero attached hydrogens (tertiary/aromatic N) is 3. The van der Waals surface area contributed by atoms with E-state index >= 15 is 0 Å². The van der Waals surface area contributed by atoms with Gasteiger partial charge in [0.25, 0.3) is 0 Å². The third-order valence-electron chi connectivity index (χ3n) is 2.62. The second-order valence-corrected chi connectivity index (χ2v) is 4.03. The summed E-state index contributed by atoms with van der Waals surface area (Å²) in [4.78, 5) is 4.34. The van der Waals surface area contributed by atoms with Gasteiger partial charge in [0, 0.05) is 11.3 Å². The van der Waals surface area contributed by atoms with Crippen molar-refractivity contribution < 1.29 is 0 Å². The van der Waals surface area contributed by atoms with Crippen LogP contribution >= 0.6 is 0 Å². The number of nitrogen functional groups attached to an aromatic ring is 1. The molecule has 0 radical (unpaired) electrons. The van der Waals surface area contributed by atoms with E-state index in [1.54, 1.807) is 4.52 Å². The highest BCUT2D eigenvalue weighted by Crippen LogP contribution is 2.19. The molecule has 0 aliphatic heterocycles. The first kappa shape index (κ1) is 9.84. The molecule has 0 aliphatic carbocycles. The fourth-order valence-corrected chi connectivity index (χ4v) is 1.85. The molecule has 4 heteroatoms. The molecule has 0 aliphatic rings. The van der Waals surface area contributed by atoms with Crippen molar-refractivity contribution in [2.45, 2.75) is 6.92 Å². The number of aromatic nitrogens is 3. The predicted molar refractivity (Wildman–Crippen MR) is 67.6 cm³/mol. The summed E-state index contributed by atoms with van der Waals surface area (Å²) < 4.78 is 1.79. The van der Waals surface area contributed by atoms with Crippen LogP contribution in [0.5, 0.6) is 0 Å². The van der Waals surface area contributed by atoms with E-state index in [0.29, 0.717) is 0 Å². The molecule has 1 aromatic carbocycles. The maximum atomic E-state index is 5.77. The van der Waals surface area contributed by atoms with E-state index in [-0.39, 0.29) is 0 Å². The zero-order chi connectivity index (χ0) is 11.8. The molecular weight excluding hydrogens is 212 g/mol. The van der Waals surface area contributed by atoms with Crippen LogP contribution in [0.3, 0.4) is 0 Å². The van der Waals surface area contributed by atoms with Gasteiger partial charge in [-0.3, -0.25) is 0 Å². The fourth-order valence-electron chi connectivity index (χ4n) is 1.85. The van der Waals surface area contributed by atoms with Gasteiger partial charge in [0.2, 0.25) is 0 Å². The Labute approximate surface area is 98.7 Å². The number of aryl methyl sites for hydroxylation is 1. The molecular formula is C13H12N4. The molecule has 0 saturated heterocycles. The van der Waals surface area contributed by atoms with Gasteiger partial charge >= 0.3 is 0 Å². The van der Waals surface area contributed by atoms with Crippen LogP contribution in [0.2, 0.25) is 0 Å². The highest BCUT2D eigenvalue weighted by atomic mass is 15.2. The number of benzene rings is 1. The standard InChI is InChI=1S/C13H12N4/c1-9-8-17-13(15-9)6-5-12(16-17)10-3-2-4-11(14)7-10/h2-8H,14H2,1H3. The van der Waals surface area contributed by atoms with Gasteiger partial charge in [0.15, 0.2) is 5.65 Å². The van der Waals surface area contributed by atoms with Gasteiger partial charge in [0.1, 0.15) is 0 Å². The zero-order valence-corrected chi connectivity index (χ0v) is 9.46. The van der Waals surface area contributed by atoms with Gasteiger partial charge in [-0.2, -0.15) is 5.10 Å². The van der Waals surface area contributed by atoms with E-state index < -0.39 is 0 Å². The van der Waals surface area contributed by atoms with Gasteiger partial charge in [-0.25, -0.2) is 9.50 Å². The molecule has 4 nitrogen and oxygen atoms in total. The highest BCUT2D eigenvalue weighted by Gasteiger charge is 2.03. The minimum Gasteiger partial charge on any atom is -0.399 e. The lowest BCUT2D eigenvalue weighted by Crippen LogP contribution is -1.93. The first-order valence-electron chi connectivity index (χ1n) is 5.41. The Morgan fingerprint density at radius 1 is 1.18 bits per heavy atom. The molecule has 84 valence electrons. The lowest BCUT2D eigenvalue weighted by atomic mass is 10.1. The summed E-state index contributed by atoms with van der Waals surface area (Å²) in [5, 5.41) is 4.51. The topological polar surface area (TPSA) is 56.2 Å². The molecule has 17 heavy (non-hydrogen) atoms. The molecule has 0 bridgehead atoms. The molecule has 0 amide bonds. The van der Waals surface area contributed by atoms with E-state index in [4.69, 9.17) is 5.73 Å². The van der Waals surface area contributed by atoms with E-state index in [1.807, 2.05) is 49.5 Å². The van der Waals surface area contributed by atoms with Crippen LogP contribution in [0.1, 0.15) is 5.69 Å². The Kier molecular flexibility index (Phi) is 2.08. The average Bonchev–Trinajstić information content (AvgIpc) is 2.68. The van der Waals surface area contributed by atoms with Crippen molar-refractivity contribution >= 4 is 11.3 Å². The number of hydrogen-bond acceptors (Lipinski definition) is 3. The minimum absolute atomic E-state index is 0.742. The van der Waals surface area contributed by atoms with Gasteiger partial charge in [-0.15, -0.1) is 0 Å². The second kappa shape index (κ2) is 3.59. The summed E-state index contributed by atoms with van der Waals surface area (Å²) in [6.07, 6.45) is 1.91. The number of hydrogen-bond donors (Lipinski definition) is 1. The normalized spacial score (nSPS) is 10.9. The molecule has 3 rings (SSSR count). The Hall–Kier alpha value is -2.36. The summed E-state index contributed by atoms with van der Waals surface area (Å²) in [7, 11) is 0. The van der Waals surface area contributed by atoms with Crippen molar-refractivity contribution in [3.8, 4) is 11.3 Å². The Morgan fingerprint density at radius 3 is 2.88 bits per heavy atom. The van der Waals surface area contributed by atoms with E-state index in [0.717, 1.165) is 28.3 Å². The van der Waals surface area contributed by atoms with Crippen molar-refractivity contribution in [3.63, 3.8) is 0 Å². The quantitative estimate of drug-likeness (QED) is 0.645. The average molecular weight is 224 g/mol. The van der Waals surface area contributed by atoms with Crippen molar-refractivity contribution in [1.82, 2.24) is 14.6 Å². The van der Waals surface area contributed by atoms with Crippen LogP contribution in [0.4, 0.5) is 5.69 Å². The molecule has 0 saturated carbocycles. The largest absolute Gasteiger partial charge is 0.399 e. The van der Waals surface area contributed by atoms with Crippen LogP contribution in [0.15, 0.2) is 42.6 Å². The van der Waals surface area contributed by atoms with Crippen molar-refractivity contribution in [3.05, 3.63) is 48.3 Å². The summed E-state index contributed by atoms with van der Waals surface area (Å²) >= 11 is 0. The highest BCUT2D eigenvalue weighted by molar-refractivity contribution is 5.64. The summed E-state index contributed by atoms with van der Waals surface area (Å²) in [6, 6.07) is 11.6. The molecule has 3 aromatic rings. The van der Waals surface area contributed by atoms with Gasteiger partial charge in [-0.1, -0.05) is 12.1 Å². The molecule has 0 spiro atoms. The maximum absolute atomic E-state index is 5.77. The van der Waals surface area contributed by atoms with E-state index in [9.17, 15) is 0 Å². The van der Waals surface area contributed by atoms with E-state index in [2.05, 4.69) is 10.1 Å². The minimum atomic E-state index is 0.742. The van der Waals surface area contributed by atoms with Gasteiger partial charge in [-0.05, 0) is 31.2 Å². The van der Waals surface area contributed by atoms with Crippen molar-refractivity contribution in [1.29, 1.82) is 0 Å². The first-order valence-corrected chi connectivity index (χ1v) is 5.41. The number of anilines is 1. The van der Waals surface area contributed by atoms with Crippen LogP contribution < -0.4 is 5.73 Å². The van der Waals surface area contributed by atoms with Crippen LogP contribution in [0.25, 0.3) is 16.9 Å². The summed E-state index contributed by atoms with van der Waals surface area (Å²) in [5.74, 6) is 0. The predicted octanol–water partition coefficient (Wildman–Crippen LogP) is 2.29. The van der Waals surface area contributed by atoms with Crippen molar-refractivity contribution in [2.24, 2.45) is 0 Å². The van der Waals surface area contributed by atoms with Gasteiger partial charge < -0.3 is 5.73 Å². The third-order valence-corrected chi connectivity index (χ3v) is 2.62. The number of nitrogens with two attached hydrogens (primary N) is 1. The monoisotopic (exact) mass is 224 g/mol. The van der Waals surface area contributed by atoms with Crippen LogP contribution in [-0.2, 0) is 0 Å². The van der Waals surface area contributed by atoms with Gasteiger partial charge in [0.05, 0.1) is 17.6 Å². The van der Waals surface area contributed by atoms with Crippen LogP contribution in [0, 0.1) is 6.92 Å². The Balaban J connectivity index is 2.17. The summed E-state index contributed by atoms with van der Waals surface area (Å²) in [5.41, 5.74) is 10.2. The van der Waals surface area contributed by atoms with E-state index in [1.165, 1.54) is 0 Å². The number of imidazole rings is 1. The third kappa shape index (κ3) is 1.73.